The van der Waals surface area contributed by atoms with Gasteiger partial charge in [-0.3, -0.25) is 0 Å². The number of carbonyl (C=O) groups is 1. The molecule has 0 aromatic heterocycles. The molecule has 0 heterocycles. The number of hydrazone groups is 1. The molecule has 1 N–H and O–H groups in total. The Morgan fingerprint density at radius 1 is 1.03 bits per heavy atom. The van der Waals surface area contributed by atoms with Crippen molar-refractivity contribution in [3.63, 3.8) is 0 Å². The summed E-state index contributed by atoms with van der Waals surface area (Å²) >= 11 is 0. The minimum Gasteiger partial charge on any atom is -0.540 e. The third-order valence-corrected chi connectivity index (χ3v) is 11.4. The van der Waals surface area contributed by atoms with Gasteiger partial charge in [0.05, 0.1) is 12.8 Å². The van der Waals surface area contributed by atoms with Crippen molar-refractivity contribution in [3.8, 4) is 11.5 Å². The molecule has 0 spiro atoms. The van der Waals surface area contributed by atoms with E-state index in [1.165, 1.54) is 0 Å². The van der Waals surface area contributed by atoms with Crippen LogP contribution in [0.25, 0.3) is 6.08 Å². The molecule has 1 aromatic carbocycles. The highest BCUT2D eigenvalue weighted by Crippen LogP contribution is 2.44. The number of hydrogen-bond acceptors (Lipinski definition) is 5. The highest BCUT2D eigenvalue weighted by Gasteiger charge is 2.47. The van der Waals surface area contributed by atoms with Gasteiger partial charge in [0.2, 0.25) is 0 Å². The zero-order valence-electron chi connectivity index (χ0n) is 21.7. The van der Waals surface area contributed by atoms with Crippen molar-refractivity contribution in [2.45, 2.75) is 91.5 Å². The molecule has 0 bridgehead atoms. The highest BCUT2D eigenvalue weighted by atomic mass is 28.4. The van der Waals surface area contributed by atoms with E-state index in [4.69, 9.17) is 13.9 Å². The number of hydrogen-bond donors (Lipinski definition) is 1. The molecule has 1 rings (SSSR count). The molecule has 0 saturated carbocycles. The Kier molecular flexibility index (Phi) is 10.0. The minimum absolute atomic E-state index is 0.458. The van der Waals surface area contributed by atoms with Gasteiger partial charge in [-0.1, -0.05) is 53.7 Å². The lowest BCUT2D eigenvalue weighted by Gasteiger charge is -2.42. The standard InChI is InChI=1S/C25H42N2O4Si/c1-17(2)32(18(3)4,19(5)6)31-23-16-21(14-15-22(23)29-11)13-12-20(7)26-27-24(28)30-25(8,9)10/h12-19H,1-11H3,(H,27,28). The van der Waals surface area contributed by atoms with Crippen molar-refractivity contribution in [2.75, 3.05) is 7.11 Å². The van der Waals surface area contributed by atoms with Crippen LogP contribution >= 0.6 is 0 Å². The minimum atomic E-state index is -2.12. The summed E-state index contributed by atoms with van der Waals surface area (Å²) in [5.74, 6) is 1.51. The second kappa shape index (κ2) is 11.5. The smallest absolute Gasteiger partial charge is 0.428 e. The molecule has 7 heteroatoms. The Labute approximate surface area is 195 Å². The lowest BCUT2D eigenvalue weighted by Crippen LogP contribution is -2.50. The van der Waals surface area contributed by atoms with Crippen LogP contribution in [-0.2, 0) is 4.74 Å². The van der Waals surface area contributed by atoms with E-state index >= 15 is 0 Å². The van der Waals surface area contributed by atoms with Crippen molar-refractivity contribution >= 4 is 26.2 Å². The van der Waals surface area contributed by atoms with Gasteiger partial charge in [0.1, 0.15) is 11.4 Å². The van der Waals surface area contributed by atoms with Crippen LogP contribution in [-0.4, -0.2) is 32.8 Å². The topological polar surface area (TPSA) is 69.2 Å². The fourth-order valence-electron chi connectivity index (χ4n) is 4.11. The van der Waals surface area contributed by atoms with Gasteiger partial charge in [-0.05, 0) is 68.1 Å². The van der Waals surface area contributed by atoms with Crippen LogP contribution in [0.15, 0.2) is 29.4 Å². The van der Waals surface area contributed by atoms with Crippen molar-refractivity contribution in [2.24, 2.45) is 5.10 Å². The molecule has 0 aliphatic rings. The number of amides is 1. The van der Waals surface area contributed by atoms with E-state index in [9.17, 15) is 4.79 Å². The largest absolute Gasteiger partial charge is 0.540 e. The monoisotopic (exact) mass is 462 g/mol. The van der Waals surface area contributed by atoms with Gasteiger partial charge in [-0.2, -0.15) is 5.10 Å². The zero-order chi connectivity index (χ0) is 24.7. The second-order valence-corrected chi connectivity index (χ2v) is 15.4. The third-order valence-electron chi connectivity index (χ3n) is 5.42. The van der Waals surface area contributed by atoms with Crippen molar-refractivity contribution in [1.29, 1.82) is 0 Å². The van der Waals surface area contributed by atoms with Crippen molar-refractivity contribution < 1.29 is 18.7 Å². The van der Waals surface area contributed by atoms with Crippen LogP contribution in [0.2, 0.25) is 16.6 Å². The van der Waals surface area contributed by atoms with Gasteiger partial charge in [0.25, 0.3) is 8.32 Å². The molecule has 1 amide bonds. The molecule has 0 aliphatic carbocycles. The molecule has 0 atom stereocenters. The van der Waals surface area contributed by atoms with Gasteiger partial charge in [0, 0.05) is 0 Å². The number of allylic oxidation sites excluding steroid dienone is 1. The Hall–Kier alpha value is -2.28. The maximum Gasteiger partial charge on any atom is 0.428 e. The molecule has 0 aliphatic heterocycles. The summed E-state index contributed by atoms with van der Waals surface area (Å²) < 4.78 is 17.6. The normalized spacial score (nSPS) is 13.2. The zero-order valence-corrected chi connectivity index (χ0v) is 22.7. The Morgan fingerprint density at radius 2 is 1.59 bits per heavy atom. The van der Waals surface area contributed by atoms with Crippen LogP contribution in [0.5, 0.6) is 11.5 Å². The SMILES string of the molecule is COc1ccc(C=CC(C)=NNC(=O)OC(C)(C)C)cc1O[Si](C(C)C)(C(C)C)C(C)C. The Balaban J connectivity index is 3.13. The van der Waals surface area contributed by atoms with E-state index in [0.717, 1.165) is 17.1 Å². The van der Waals surface area contributed by atoms with Crippen LogP contribution < -0.4 is 14.6 Å². The van der Waals surface area contributed by atoms with Gasteiger partial charge < -0.3 is 13.9 Å². The maximum absolute atomic E-state index is 11.8. The van der Waals surface area contributed by atoms with Gasteiger partial charge in [-0.25, -0.2) is 10.2 Å². The first-order valence-electron chi connectivity index (χ1n) is 11.3. The van der Waals surface area contributed by atoms with Crippen molar-refractivity contribution in [1.82, 2.24) is 5.43 Å². The number of carbonyl (C=O) groups excluding carboxylic acids is 1. The average Bonchev–Trinajstić information content (AvgIpc) is 2.66. The maximum atomic E-state index is 11.8. The molecule has 32 heavy (non-hydrogen) atoms. The molecule has 180 valence electrons. The summed E-state index contributed by atoms with van der Waals surface area (Å²) in [7, 11) is -0.451. The van der Waals surface area contributed by atoms with Gasteiger partial charge in [0.15, 0.2) is 5.75 Å². The highest BCUT2D eigenvalue weighted by molar-refractivity contribution is 6.78. The van der Waals surface area contributed by atoms with E-state index in [2.05, 4.69) is 52.1 Å². The first kappa shape index (κ1) is 27.8. The van der Waals surface area contributed by atoms with Crippen LogP contribution in [0, 0.1) is 0 Å². The van der Waals surface area contributed by atoms with Gasteiger partial charge >= 0.3 is 6.09 Å². The third kappa shape index (κ3) is 7.69. The van der Waals surface area contributed by atoms with Crippen LogP contribution in [0.4, 0.5) is 4.79 Å². The lowest BCUT2D eigenvalue weighted by atomic mass is 10.2. The number of benzene rings is 1. The van der Waals surface area contributed by atoms with Crippen LogP contribution in [0.1, 0.15) is 74.8 Å². The average molecular weight is 463 g/mol. The Bertz CT molecular complexity index is 802. The predicted octanol–water partition coefficient (Wildman–Crippen LogP) is 7.16. The molecule has 6 nitrogen and oxygen atoms in total. The molecule has 0 radical (unpaired) electrons. The molecule has 1 aromatic rings. The fraction of sp³-hybridized carbons (Fsp3) is 0.600. The quantitative estimate of drug-likeness (QED) is 0.240. The molecule has 0 fully saturated rings. The number of nitrogens with one attached hydrogen (secondary N) is 1. The number of methoxy groups -OCH3 is 1. The van der Waals surface area contributed by atoms with Crippen molar-refractivity contribution in [3.05, 3.63) is 29.8 Å². The summed E-state index contributed by atoms with van der Waals surface area (Å²) in [4.78, 5) is 11.8. The number of ether oxygens (including phenoxy) is 2. The predicted molar refractivity (Wildman–Crippen MR) is 136 cm³/mol. The lowest BCUT2D eigenvalue weighted by molar-refractivity contribution is 0.0529. The van der Waals surface area contributed by atoms with E-state index in [1.54, 1.807) is 7.11 Å². The summed E-state index contributed by atoms with van der Waals surface area (Å²) in [6.07, 6.45) is 3.19. The fourth-order valence-corrected chi connectivity index (χ4v) is 9.36. The Morgan fingerprint density at radius 3 is 2.06 bits per heavy atom. The summed E-state index contributed by atoms with van der Waals surface area (Å²) in [6, 6.07) is 5.92. The van der Waals surface area contributed by atoms with Crippen LogP contribution in [0.3, 0.4) is 0 Å². The van der Waals surface area contributed by atoms with E-state index in [-0.39, 0.29) is 0 Å². The second-order valence-electron chi connectivity index (χ2n) is 10.0. The number of nitrogens with zero attached hydrogens (tertiary/aromatic N) is 1. The van der Waals surface area contributed by atoms with E-state index < -0.39 is 20.0 Å². The summed E-state index contributed by atoms with van der Waals surface area (Å²) in [5.41, 5.74) is 4.83. The first-order chi connectivity index (χ1) is 14.7. The molecular formula is C25H42N2O4Si. The molecular weight excluding hydrogens is 420 g/mol. The summed E-state index contributed by atoms with van der Waals surface area (Å²) in [5, 5.41) is 4.06. The molecule has 0 unspecified atom stereocenters. The van der Waals surface area contributed by atoms with E-state index in [1.807, 2.05) is 58.0 Å². The molecule has 0 saturated heterocycles. The van der Waals surface area contributed by atoms with Gasteiger partial charge in [-0.15, -0.1) is 0 Å². The van der Waals surface area contributed by atoms with E-state index in [0.29, 0.717) is 22.3 Å². The summed E-state index contributed by atoms with van der Waals surface area (Å²) in [6.45, 7) is 20.8. The number of rotatable bonds is 9. The first-order valence-corrected chi connectivity index (χ1v) is 13.4.